The van der Waals surface area contributed by atoms with Gasteiger partial charge in [-0.25, -0.2) is 4.79 Å². The Morgan fingerprint density at radius 1 is 0.806 bits per heavy atom. The molecule has 0 aromatic rings. The Hall–Kier alpha value is -2.91. The van der Waals surface area contributed by atoms with E-state index in [1.807, 2.05) is 5.32 Å². The number of hydrogen-bond donors (Lipinski definition) is 8. The Labute approximate surface area is 180 Å². The van der Waals surface area contributed by atoms with Crippen molar-refractivity contribution in [2.45, 2.75) is 43.4 Å². The van der Waals surface area contributed by atoms with Crippen LogP contribution < -0.4 is 21.7 Å². The summed E-state index contributed by atoms with van der Waals surface area (Å²) in [4.78, 5) is 69.2. The van der Waals surface area contributed by atoms with Gasteiger partial charge in [-0.1, -0.05) is 0 Å². The molecule has 0 saturated carbocycles. The number of rotatable bonds is 15. The molecule has 14 nitrogen and oxygen atoms in total. The third kappa shape index (κ3) is 11.2. The highest BCUT2D eigenvalue weighted by Gasteiger charge is 2.31. The first-order valence-electron chi connectivity index (χ1n) is 8.85. The summed E-state index contributed by atoms with van der Waals surface area (Å²) in [5.74, 6) is -7.04. The largest absolute Gasteiger partial charge is 0.481 e. The van der Waals surface area contributed by atoms with Gasteiger partial charge < -0.3 is 42.1 Å². The minimum Gasteiger partial charge on any atom is -0.481 e. The molecule has 0 bridgehead atoms. The van der Waals surface area contributed by atoms with Gasteiger partial charge in [0.05, 0.1) is 25.5 Å². The van der Waals surface area contributed by atoms with Crippen LogP contribution in [0.2, 0.25) is 0 Å². The first-order chi connectivity index (χ1) is 14.4. The quantitative estimate of drug-likeness (QED) is 0.117. The summed E-state index contributed by atoms with van der Waals surface area (Å²) in [6.07, 6.45) is 0.135. The highest BCUT2D eigenvalue weighted by molar-refractivity contribution is 7.98. The van der Waals surface area contributed by atoms with Crippen molar-refractivity contribution in [3.05, 3.63) is 0 Å². The lowest BCUT2D eigenvalue weighted by Gasteiger charge is -2.24. The van der Waals surface area contributed by atoms with Crippen LogP contribution in [0.25, 0.3) is 0 Å². The average Bonchev–Trinajstić information content (AvgIpc) is 2.67. The number of nitrogens with two attached hydrogens (primary N) is 1. The summed E-state index contributed by atoms with van der Waals surface area (Å²) in [6.45, 7) is -0.898. The number of hydrogen-bond acceptors (Lipinski definition) is 9. The van der Waals surface area contributed by atoms with E-state index in [1.54, 1.807) is 6.26 Å². The topological polar surface area (TPSA) is 245 Å². The molecule has 0 aliphatic rings. The number of amides is 3. The number of aliphatic hydroxyl groups excluding tert-OH is 1. The summed E-state index contributed by atoms with van der Waals surface area (Å²) < 4.78 is 0. The zero-order valence-corrected chi connectivity index (χ0v) is 17.4. The molecule has 31 heavy (non-hydrogen) atoms. The van der Waals surface area contributed by atoms with Crippen molar-refractivity contribution < 1.29 is 49.2 Å². The molecule has 0 aliphatic carbocycles. The lowest BCUT2D eigenvalue weighted by molar-refractivity contribution is -0.147. The third-order valence-electron chi connectivity index (χ3n) is 3.78. The number of carbonyl (C=O) groups is 6. The average molecular weight is 466 g/mol. The SMILES string of the molecule is CSCCC(NC(=O)C(CO)NC(=O)C(N)CC(=O)O)C(=O)NC(CC(=O)O)C(=O)O. The zero-order valence-electron chi connectivity index (χ0n) is 16.6. The van der Waals surface area contributed by atoms with Crippen molar-refractivity contribution in [1.82, 2.24) is 16.0 Å². The van der Waals surface area contributed by atoms with Crippen LogP contribution in [0.15, 0.2) is 0 Å². The van der Waals surface area contributed by atoms with E-state index in [0.717, 1.165) is 0 Å². The molecular weight excluding hydrogens is 440 g/mol. The fourth-order valence-corrected chi connectivity index (χ4v) is 2.65. The molecule has 3 amide bonds. The number of carboxylic acid groups (broad SMARTS) is 3. The van der Waals surface area contributed by atoms with Gasteiger partial charge in [0.2, 0.25) is 17.7 Å². The Bertz CT molecular complexity index is 689. The van der Waals surface area contributed by atoms with Crippen LogP contribution in [-0.2, 0) is 28.8 Å². The molecule has 176 valence electrons. The van der Waals surface area contributed by atoms with Gasteiger partial charge in [-0.2, -0.15) is 11.8 Å². The molecule has 0 fully saturated rings. The standard InChI is InChI=1S/C16H26N4O10S/c1-31-3-2-8(14(27)19-9(16(29)30)5-12(24)25)18-15(28)10(6-21)20-13(26)7(17)4-11(22)23/h7-10,21H,2-6,17H2,1H3,(H,18,28)(H,19,27)(H,20,26)(H,22,23)(H,24,25)(H,29,30). The molecule has 0 rings (SSSR count). The highest BCUT2D eigenvalue weighted by Crippen LogP contribution is 2.04. The van der Waals surface area contributed by atoms with E-state index in [0.29, 0.717) is 5.75 Å². The Balaban J connectivity index is 5.24. The van der Waals surface area contributed by atoms with Crippen LogP contribution in [0.1, 0.15) is 19.3 Å². The van der Waals surface area contributed by atoms with Crippen molar-refractivity contribution in [2.24, 2.45) is 5.73 Å². The second-order valence-electron chi connectivity index (χ2n) is 6.29. The third-order valence-corrected chi connectivity index (χ3v) is 4.43. The van der Waals surface area contributed by atoms with Gasteiger partial charge in [0.25, 0.3) is 0 Å². The van der Waals surface area contributed by atoms with Crippen molar-refractivity contribution in [3.63, 3.8) is 0 Å². The van der Waals surface area contributed by atoms with Crippen LogP contribution in [0, 0.1) is 0 Å². The lowest BCUT2D eigenvalue weighted by atomic mass is 10.1. The first kappa shape index (κ1) is 28.1. The van der Waals surface area contributed by atoms with E-state index in [4.69, 9.17) is 21.1 Å². The van der Waals surface area contributed by atoms with E-state index >= 15 is 0 Å². The number of aliphatic hydroxyl groups is 1. The summed E-state index contributed by atoms with van der Waals surface area (Å²) in [6, 6.07) is -6.08. The predicted molar refractivity (Wildman–Crippen MR) is 106 cm³/mol. The molecule has 0 aliphatic heterocycles. The van der Waals surface area contributed by atoms with E-state index in [-0.39, 0.29) is 6.42 Å². The monoisotopic (exact) mass is 466 g/mol. The van der Waals surface area contributed by atoms with Gasteiger partial charge in [0.1, 0.15) is 18.1 Å². The van der Waals surface area contributed by atoms with Crippen molar-refractivity contribution in [1.29, 1.82) is 0 Å². The molecule has 0 spiro atoms. The normalized spacial score (nSPS) is 14.4. The van der Waals surface area contributed by atoms with E-state index < -0.39 is 79.2 Å². The number of carboxylic acids is 3. The van der Waals surface area contributed by atoms with Crippen LogP contribution in [-0.4, -0.2) is 98.8 Å². The van der Waals surface area contributed by atoms with Crippen LogP contribution in [0.4, 0.5) is 0 Å². The smallest absolute Gasteiger partial charge is 0.326 e. The minimum absolute atomic E-state index is 0.0305. The molecule has 4 atom stereocenters. The second kappa shape index (κ2) is 14.2. The second-order valence-corrected chi connectivity index (χ2v) is 7.27. The van der Waals surface area contributed by atoms with Gasteiger partial charge in [0, 0.05) is 0 Å². The predicted octanol–water partition coefficient (Wildman–Crippen LogP) is -3.45. The van der Waals surface area contributed by atoms with E-state index in [2.05, 4.69) is 10.6 Å². The molecule has 4 unspecified atom stereocenters. The van der Waals surface area contributed by atoms with Gasteiger partial charge in [-0.3, -0.25) is 24.0 Å². The Morgan fingerprint density at radius 2 is 1.29 bits per heavy atom. The van der Waals surface area contributed by atoms with Gasteiger partial charge >= 0.3 is 17.9 Å². The molecule has 15 heteroatoms. The summed E-state index contributed by atoms with van der Waals surface area (Å²) in [5, 5.41) is 42.2. The fourth-order valence-electron chi connectivity index (χ4n) is 2.18. The van der Waals surface area contributed by atoms with E-state index in [1.165, 1.54) is 11.8 Å². The van der Waals surface area contributed by atoms with Crippen LogP contribution >= 0.6 is 11.8 Å². The van der Waals surface area contributed by atoms with Crippen molar-refractivity contribution in [3.8, 4) is 0 Å². The van der Waals surface area contributed by atoms with Crippen LogP contribution in [0.3, 0.4) is 0 Å². The zero-order chi connectivity index (χ0) is 24.1. The van der Waals surface area contributed by atoms with Gasteiger partial charge in [-0.05, 0) is 18.4 Å². The molecular formula is C16H26N4O10S. The van der Waals surface area contributed by atoms with E-state index in [9.17, 15) is 33.9 Å². The first-order valence-corrected chi connectivity index (χ1v) is 10.2. The number of nitrogens with one attached hydrogen (secondary N) is 3. The Kier molecular flexibility index (Phi) is 12.8. The van der Waals surface area contributed by atoms with Gasteiger partial charge in [-0.15, -0.1) is 0 Å². The van der Waals surface area contributed by atoms with Crippen molar-refractivity contribution >= 4 is 47.4 Å². The molecule has 0 heterocycles. The molecule has 0 radical (unpaired) electrons. The molecule has 9 N–H and O–H groups in total. The Morgan fingerprint density at radius 3 is 1.74 bits per heavy atom. The maximum Gasteiger partial charge on any atom is 0.326 e. The maximum absolute atomic E-state index is 12.4. The maximum atomic E-state index is 12.4. The summed E-state index contributed by atoms with van der Waals surface area (Å²) >= 11 is 1.31. The lowest BCUT2D eigenvalue weighted by Crippen LogP contribution is -2.58. The molecule has 0 saturated heterocycles. The number of carbonyl (C=O) groups excluding carboxylic acids is 3. The highest BCUT2D eigenvalue weighted by atomic mass is 32.2. The minimum atomic E-state index is -1.74. The number of thioether (sulfide) groups is 1. The summed E-state index contributed by atoms with van der Waals surface area (Å²) in [5.41, 5.74) is 5.38. The van der Waals surface area contributed by atoms with Gasteiger partial charge in [0.15, 0.2) is 0 Å². The molecule has 0 aromatic heterocycles. The van der Waals surface area contributed by atoms with Crippen LogP contribution in [0.5, 0.6) is 0 Å². The fraction of sp³-hybridized carbons (Fsp3) is 0.625. The van der Waals surface area contributed by atoms with Crippen molar-refractivity contribution in [2.75, 3.05) is 18.6 Å². The number of aliphatic carboxylic acids is 3. The summed E-state index contributed by atoms with van der Waals surface area (Å²) in [7, 11) is 0. The molecule has 0 aromatic carbocycles.